The Labute approximate surface area is 173 Å². The van der Waals surface area contributed by atoms with Gasteiger partial charge >= 0.3 is 5.97 Å². The molecule has 0 aliphatic rings. The molecule has 1 N–H and O–H groups in total. The number of nitrogens with one attached hydrogen (secondary N) is 1. The minimum atomic E-state index is -1.07. The second-order valence-electron chi connectivity index (χ2n) is 7.53. The lowest BCUT2D eigenvalue weighted by Crippen LogP contribution is -2.32. The van der Waals surface area contributed by atoms with E-state index >= 15 is 0 Å². The maximum absolute atomic E-state index is 12.2. The minimum absolute atomic E-state index is 0.0238. The van der Waals surface area contributed by atoms with Gasteiger partial charge in [-0.25, -0.2) is 4.98 Å². The lowest BCUT2D eigenvalue weighted by molar-refractivity contribution is -0.146. The summed E-state index contributed by atoms with van der Waals surface area (Å²) >= 11 is 1.21. The smallest absolute Gasteiger partial charge is 0.325 e. The zero-order valence-corrected chi connectivity index (χ0v) is 17.6. The Balaban J connectivity index is 1.82. The highest BCUT2D eigenvalue weighted by atomic mass is 32.1. The average Bonchev–Trinajstić information content (AvgIpc) is 3.10. The number of aryl methyl sites for hydroxylation is 1. The fourth-order valence-corrected chi connectivity index (χ4v) is 3.29. The van der Waals surface area contributed by atoms with E-state index in [1.165, 1.54) is 11.3 Å². The predicted octanol–water partition coefficient (Wildman–Crippen LogP) is 2.90. The van der Waals surface area contributed by atoms with Crippen LogP contribution in [0.1, 0.15) is 53.3 Å². The van der Waals surface area contributed by atoms with E-state index in [4.69, 9.17) is 4.74 Å². The normalized spacial score (nSPS) is 12.0. The minimum Gasteiger partial charge on any atom is -0.456 e. The lowest BCUT2D eigenvalue weighted by atomic mass is 9.87. The first-order chi connectivity index (χ1) is 13.6. The van der Waals surface area contributed by atoms with E-state index in [1.54, 1.807) is 24.4 Å². The van der Waals surface area contributed by atoms with E-state index in [0.717, 1.165) is 5.56 Å². The average molecular weight is 413 g/mol. The number of ether oxygens (including phenoxy) is 1. The number of aromatic nitrogens is 1. The highest BCUT2D eigenvalue weighted by molar-refractivity contribution is 7.09. The van der Waals surface area contributed by atoms with Gasteiger partial charge in [0.15, 0.2) is 18.3 Å². The van der Waals surface area contributed by atoms with Gasteiger partial charge in [-0.2, -0.15) is 5.26 Å². The zero-order chi connectivity index (χ0) is 21.6. The molecule has 0 radical (unpaired) electrons. The van der Waals surface area contributed by atoms with Crippen LogP contribution in [0.4, 0.5) is 0 Å². The molecule has 2 aromatic rings. The van der Waals surface area contributed by atoms with Gasteiger partial charge in [0.05, 0.1) is 6.07 Å². The van der Waals surface area contributed by atoms with Crippen molar-refractivity contribution in [3.05, 3.63) is 51.5 Å². The third kappa shape index (κ3) is 6.22. The fourth-order valence-electron chi connectivity index (χ4n) is 2.43. The number of amides is 1. The Morgan fingerprint density at radius 2 is 1.90 bits per heavy atom. The molecule has 2 rings (SSSR count). The number of nitriles is 1. The number of carbonyl (C=O) groups is 3. The van der Waals surface area contributed by atoms with Crippen LogP contribution in [-0.4, -0.2) is 35.8 Å². The zero-order valence-electron chi connectivity index (χ0n) is 16.8. The van der Waals surface area contributed by atoms with Crippen molar-refractivity contribution in [2.75, 3.05) is 13.2 Å². The topological polar surface area (TPSA) is 109 Å². The number of esters is 1. The van der Waals surface area contributed by atoms with Crippen molar-refractivity contribution in [1.29, 1.82) is 5.26 Å². The van der Waals surface area contributed by atoms with Gasteiger partial charge < -0.3 is 10.1 Å². The molecule has 0 bridgehead atoms. The van der Waals surface area contributed by atoms with Crippen LogP contribution in [0.15, 0.2) is 29.6 Å². The molecule has 1 atom stereocenters. The molecule has 1 aromatic carbocycles. The predicted molar refractivity (Wildman–Crippen MR) is 109 cm³/mol. The molecule has 0 spiro atoms. The van der Waals surface area contributed by atoms with Gasteiger partial charge in [0.1, 0.15) is 11.6 Å². The second kappa shape index (κ2) is 9.43. The van der Waals surface area contributed by atoms with Crippen LogP contribution >= 0.6 is 11.3 Å². The van der Waals surface area contributed by atoms with Crippen LogP contribution < -0.4 is 5.32 Å². The van der Waals surface area contributed by atoms with Gasteiger partial charge in [-0.1, -0.05) is 32.9 Å². The number of nitrogens with zero attached hydrogens (tertiary/aromatic N) is 2. The Hall–Kier alpha value is -3.05. The van der Waals surface area contributed by atoms with Crippen molar-refractivity contribution >= 4 is 29.0 Å². The summed E-state index contributed by atoms with van der Waals surface area (Å²) in [7, 11) is 0. The molecule has 7 nitrogen and oxygen atoms in total. The fraction of sp³-hybridized carbons (Fsp3) is 0.381. The largest absolute Gasteiger partial charge is 0.456 e. The van der Waals surface area contributed by atoms with Crippen molar-refractivity contribution < 1.29 is 19.1 Å². The second-order valence-corrected chi connectivity index (χ2v) is 8.42. The lowest BCUT2D eigenvalue weighted by Gasteiger charge is -2.19. The van der Waals surface area contributed by atoms with E-state index < -0.39 is 30.2 Å². The molecule has 8 heteroatoms. The van der Waals surface area contributed by atoms with Crippen molar-refractivity contribution in [1.82, 2.24) is 10.3 Å². The molecule has 0 aliphatic heterocycles. The quantitative estimate of drug-likeness (QED) is 0.699. The van der Waals surface area contributed by atoms with Gasteiger partial charge in [-0.3, -0.25) is 14.4 Å². The molecular formula is C21H23N3O4S. The monoisotopic (exact) mass is 413 g/mol. The van der Waals surface area contributed by atoms with E-state index in [2.05, 4.69) is 31.1 Å². The maximum atomic E-state index is 12.2. The molecule has 0 unspecified atom stereocenters. The maximum Gasteiger partial charge on any atom is 0.325 e. The molecule has 1 aromatic heterocycles. The molecule has 0 aliphatic carbocycles. The van der Waals surface area contributed by atoms with Crippen LogP contribution in [0.5, 0.6) is 0 Å². The van der Waals surface area contributed by atoms with E-state index in [0.29, 0.717) is 16.3 Å². The van der Waals surface area contributed by atoms with Gasteiger partial charge in [-0.15, -0.1) is 11.3 Å². The van der Waals surface area contributed by atoms with Gasteiger partial charge in [-0.05, 0) is 30.0 Å². The van der Waals surface area contributed by atoms with Crippen LogP contribution in [0, 0.1) is 18.3 Å². The number of benzene rings is 1. The number of thiazole rings is 1. The Kier molecular flexibility index (Phi) is 7.23. The van der Waals surface area contributed by atoms with Crippen molar-refractivity contribution in [2.24, 2.45) is 0 Å². The number of hydrogen-bond acceptors (Lipinski definition) is 7. The first kappa shape index (κ1) is 22.2. The third-order valence-electron chi connectivity index (χ3n) is 4.12. The summed E-state index contributed by atoms with van der Waals surface area (Å²) in [5.41, 5.74) is 2.21. The SMILES string of the molecule is Cc1csc([C@H](C#N)C(=O)COC(=O)CNC(=O)c2ccc(C(C)(C)C)cc2)n1. The first-order valence-corrected chi connectivity index (χ1v) is 9.88. The molecule has 152 valence electrons. The molecule has 0 saturated carbocycles. The number of carbonyl (C=O) groups excluding carboxylic acids is 3. The summed E-state index contributed by atoms with van der Waals surface area (Å²) in [6, 6.07) is 9.00. The summed E-state index contributed by atoms with van der Waals surface area (Å²) in [6.45, 7) is 7.06. The molecule has 0 fully saturated rings. The highest BCUT2D eigenvalue weighted by Crippen LogP contribution is 2.22. The Morgan fingerprint density at radius 1 is 1.24 bits per heavy atom. The van der Waals surface area contributed by atoms with Crippen LogP contribution in [0.3, 0.4) is 0 Å². The van der Waals surface area contributed by atoms with Crippen molar-refractivity contribution in [3.63, 3.8) is 0 Å². The van der Waals surface area contributed by atoms with Gasteiger partial charge in [0.2, 0.25) is 0 Å². The summed E-state index contributed by atoms with van der Waals surface area (Å²) in [6.07, 6.45) is 0. The standard InChI is InChI=1S/C21H23N3O4S/c1-13-12-29-20(24-13)16(9-22)17(25)11-28-18(26)10-23-19(27)14-5-7-15(8-6-14)21(2,3)4/h5-8,12,16H,10-11H2,1-4H3,(H,23,27)/t16-/m1/s1. The summed E-state index contributed by atoms with van der Waals surface area (Å²) in [4.78, 5) is 40.3. The number of rotatable bonds is 7. The Morgan fingerprint density at radius 3 is 2.41 bits per heavy atom. The summed E-state index contributed by atoms with van der Waals surface area (Å²) < 4.78 is 4.89. The molecule has 1 amide bonds. The van der Waals surface area contributed by atoms with Crippen LogP contribution in [0.25, 0.3) is 0 Å². The number of hydrogen-bond donors (Lipinski definition) is 1. The van der Waals surface area contributed by atoms with Crippen molar-refractivity contribution in [3.8, 4) is 6.07 Å². The third-order valence-corrected chi connectivity index (χ3v) is 5.14. The molecule has 0 saturated heterocycles. The van der Waals surface area contributed by atoms with E-state index in [-0.39, 0.29) is 12.0 Å². The van der Waals surface area contributed by atoms with Crippen molar-refractivity contribution in [2.45, 2.75) is 39.0 Å². The summed E-state index contributed by atoms with van der Waals surface area (Å²) in [5, 5.41) is 13.8. The molecule has 29 heavy (non-hydrogen) atoms. The Bertz CT molecular complexity index is 936. The van der Waals surface area contributed by atoms with E-state index in [9.17, 15) is 19.6 Å². The van der Waals surface area contributed by atoms with Crippen LogP contribution in [-0.2, 0) is 19.7 Å². The number of Topliss-reactive ketones (excluding diaryl/α,β-unsaturated/α-hetero) is 1. The van der Waals surface area contributed by atoms with Gasteiger partial charge in [0, 0.05) is 16.6 Å². The van der Waals surface area contributed by atoms with Gasteiger partial charge in [0.25, 0.3) is 5.91 Å². The molecule has 1 heterocycles. The first-order valence-electron chi connectivity index (χ1n) is 9.00. The molecular weight excluding hydrogens is 390 g/mol. The number of ketones is 1. The van der Waals surface area contributed by atoms with Crippen LogP contribution in [0.2, 0.25) is 0 Å². The highest BCUT2D eigenvalue weighted by Gasteiger charge is 2.24. The van der Waals surface area contributed by atoms with E-state index in [1.807, 2.05) is 18.2 Å². The summed E-state index contributed by atoms with van der Waals surface area (Å²) in [5.74, 6) is -2.80.